The first-order chi connectivity index (χ1) is 12.0. The fourth-order valence-corrected chi connectivity index (χ4v) is 3.76. The average Bonchev–Trinajstić information content (AvgIpc) is 3.17. The quantitative estimate of drug-likeness (QED) is 0.790. The summed E-state index contributed by atoms with van der Waals surface area (Å²) in [6.45, 7) is 6.50. The zero-order valence-corrected chi connectivity index (χ0v) is 15.0. The van der Waals surface area contributed by atoms with E-state index in [-0.39, 0.29) is 5.69 Å². The molecule has 0 aliphatic carbocycles. The van der Waals surface area contributed by atoms with Crippen molar-refractivity contribution in [2.45, 2.75) is 39.3 Å². The van der Waals surface area contributed by atoms with Crippen LogP contribution in [0.1, 0.15) is 29.5 Å². The minimum absolute atomic E-state index is 0.106. The highest BCUT2D eigenvalue weighted by atomic mass is 16.5. The van der Waals surface area contributed by atoms with Gasteiger partial charge in [-0.15, -0.1) is 5.10 Å². The van der Waals surface area contributed by atoms with Gasteiger partial charge in [-0.05, 0) is 49.9 Å². The molecule has 1 saturated heterocycles. The summed E-state index contributed by atoms with van der Waals surface area (Å²) >= 11 is 0. The maximum absolute atomic E-state index is 12.6. The molecule has 1 atom stereocenters. The Bertz CT molecular complexity index is 996. The Morgan fingerprint density at radius 3 is 2.92 bits per heavy atom. The molecule has 3 heterocycles. The molecule has 1 aromatic carbocycles. The Morgan fingerprint density at radius 2 is 2.16 bits per heavy atom. The van der Waals surface area contributed by atoms with E-state index in [2.05, 4.69) is 42.5 Å². The molecule has 132 valence electrons. The molecule has 1 N–H and O–H groups in total. The Morgan fingerprint density at radius 1 is 1.32 bits per heavy atom. The molecule has 0 radical (unpaired) electrons. The van der Waals surface area contributed by atoms with Crippen LogP contribution in [0.5, 0.6) is 0 Å². The van der Waals surface area contributed by atoms with Gasteiger partial charge in [0.05, 0.1) is 11.6 Å². The maximum Gasteiger partial charge on any atom is 0.350 e. The number of pyridine rings is 1. The smallest absolute Gasteiger partial charge is 0.350 e. The Balaban J connectivity index is 1.79. The summed E-state index contributed by atoms with van der Waals surface area (Å²) < 4.78 is 8.81. The molecule has 0 spiro atoms. The Hall–Kier alpha value is -2.18. The third-order valence-electron chi connectivity index (χ3n) is 4.99. The summed E-state index contributed by atoms with van der Waals surface area (Å²) in [5.74, 6) is 0. The van der Waals surface area contributed by atoms with Crippen LogP contribution in [-0.4, -0.2) is 33.4 Å². The standard InChI is InChI=1S/C19H24N4O2/c1-12-7-13(2)16-9-14(10-20-11-15-5-4-6-25-15)18-21-22(3)19(24)23(18)17(16)8-12/h7-9,15,20H,4-6,10-11H2,1-3H3/t15-/m1/s1. The lowest BCUT2D eigenvalue weighted by Gasteiger charge is -2.13. The van der Waals surface area contributed by atoms with E-state index < -0.39 is 0 Å². The van der Waals surface area contributed by atoms with Gasteiger partial charge in [0, 0.05) is 37.7 Å². The molecule has 4 rings (SSSR count). The molecule has 3 aromatic rings. The minimum Gasteiger partial charge on any atom is -0.377 e. The van der Waals surface area contributed by atoms with Crippen LogP contribution in [0.15, 0.2) is 23.0 Å². The number of hydrogen-bond donors (Lipinski definition) is 1. The predicted octanol–water partition coefficient (Wildman–Crippen LogP) is 2.07. The van der Waals surface area contributed by atoms with Crippen molar-refractivity contribution in [3.63, 3.8) is 0 Å². The van der Waals surface area contributed by atoms with E-state index in [1.807, 2.05) is 0 Å². The van der Waals surface area contributed by atoms with Gasteiger partial charge in [0.15, 0.2) is 5.65 Å². The third kappa shape index (κ3) is 2.85. The van der Waals surface area contributed by atoms with E-state index in [1.165, 1.54) is 10.2 Å². The second-order valence-corrected chi connectivity index (χ2v) is 7.02. The van der Waals surface area contributed by atoms with Crippen LogP contribution in [0.25, 0.3) is 16.6 Å². The molecular weight excluding hydrogens is 316 g/mol. The van der Waals surface area contributed by atoms with Crippen LogP contribution in [0, 0.1) is 13.8 Å². The number of fused-ring (bicyclic) bond motifs is 3. The van der Waals surface area contributed by atoms with Crippen molar-refractivity contribution in [3.8, 4) is 0 Å². The zero-order chi connectivity index (χ0) is 17.6. The fourth-order valence-electron chi connectivity index (χ4n) is 3.76. The third-order valence-corrected chi connectivity index (χ3v) is 4.99. The van der Waals surface area contributed by atoms with Crippen molar-refractivity contribution in [2.24, 2.45) is 7.05 Å². The molecule has 1 aliphatic heterocycles. The number of rotatable bonds is 4. The van der Waals surface area contributed by atoms with Gasteiger partial charge in [-0.3, -0.25) is 0 Å². The van der Waals surface area contributed by atoms with Gasteiger partial charge < -0.3 is 10.1 Å². The van der Waals surface area contributed by atoms with Gasteiger partial charge in [0.1, 0.15) is 0 Å². The molecule has 0 saturated carbocycles. The fraction of sp³-hybridized carbons (Fsp3) is 0.474. The first kappa shape index (κ1) is 16.3. The van der Waals surface area contributed by atoms with Gasteiger partial charge in [0.25, 0.3) is 0 Å². The topological polar surface area (TPSA) is 60.6 Å². The van der Waals surface area contributed by atoms with Gasteiger partial charge in [0.2, 0.25) is 0 Å². The summed E-state index contributed by atoms with van der Waals surface area (Å²) in [6.07, 6.45) is 2.55. The van der Waals surface area contributed by atoms with E-state index in [4.69, 9.17) is 4.74 Å². The Labute approximate surface area is 146 Å². The van der Waals surface area contributed by atoms with Crippen LogP contribution in [-0.2, 0) is 18.3 Å². The molecule has 0 bridgehead atoms. The first-order valence-corrected chi connectivity index (χ1v) is 8.85. The average molecular weight is 340 g/mol. The van der Waals surface area contributed by atoms with E-state index >= 15 is 0 Å². The van der Waals surface area contributed by atoms with Crippen molar-refractivity contribution < 1.29 is 4.74 Å². The highest BCUT2D eigenvalue weighted by molar-refractivity contribution is 5.87. The molecule has 1 aliphatic rings. The lowest BCUT2D eigenvalue weighted by atomic mass is 10.0. The van der Waals surface area contributed by atoms with Crippen molar-refractivity contribution in [1.82, 2.24) is 19.5 Å². The van der Waals surface area contributed by atoms with Crippen LogP contribution in [0.4, 0.5) is 0 Å². The summed E-state index contributed by atoms with van der Waals surface area (Å²) in [6, 6.07) is 6.37. The van der Waals surface area contributed by atoms with Crippen LogP contribution in [0.2, 0.25) is 0 Å². The molecule has 0 unspecified atom stereocenters. The van der Waals surface area contributed by atoms with Gasteiger partial charge in [-0.2, -0.15) is 0 Å². The highest BCUT2D eigenvalue weighted by Gasteiger charge is 2.17. The lowest BCUT2D eigenvalue weighted by molar-refractivity contribution is 0.110. The van der Waals surface area contributed by atoms with Gasteiger partial charge in [-0.25, -0.2) is 13.9 Å². The largest absolute Gasteiger partial charge is 0.377 e. The Kier molecular flexibility index (Phi) is 4.09. The van der Waals surface area contributed by atoms with Gasteiger partial charge in [-0.1, -0.05) is 6.07 Å². The van der Waals surface area contributed by atoms with Crippen molar-refractivity contribution in [2.75, 3.05) is 13.2 Å². The number of aromatic nitrogens is 3. The number of aryl methyl sites for hydroxylation is 3. The zero-order valence-electron chi connectivity index (χ0n) is 15.0. The first-order valence-electron chi connectivity index (χ1n) is 8.85. The summed E-state index contributed by atoms with van der Waals surface area (Å²) in [5, 5.41) is 9.04. The molecule has 25 heavy (non-hydrogen) atoms. The summed E-state index contributed by atoms with van der Waals surface area (Å²) in [5.41, 5.74) is 4.90. The number of ether oxygens (including phenoxy) is 1. The van der Waals surface area contributed by atoms with Crippen molar-refractivity contribution in [3.05, 3.63) is 45.4 Å². The number of nitrogens with one attached hydrogen (secondary N) is 1. The SMILES string of the molecule is Cc1cc(C)c2cc(CNC[C@H]3CCCO3)c3nn(C)c(=O)n3c2c1. The molecule has 6 heteroatoms. The summed E-state index contributed by atoms with van der Waals surface area (Å²) in [4.78, 5) is 12.6. The second kappa shape index (κ2) is 6.28. The highest BCUT2D eigenvalue weighted by Crippen LogP contribution is 2.24. The number of nitrogens with zero attached hydrogens (tertiary/aromatic N) is 3. The maximum atomic E-state index is 12.6. The minimum atomic E-state index is -0.106. The molecular formula is C19H24N4O2. The summed E-state index contributed by atoms with van der Waals surface area (Å²) in [7, 11) is 1.70. The number of benzene rings is 1. The number of hydrogen-bond acceptors (Lipinski definition) is 4. The van der Waals surface area contributed by atoms with Crippen LogP contribution >= 0.6 is 0 Å². The molecule has 1 fully saturated rings. The second-order valence-electron chi connectivity index (χ2n) is 7.02. The van der Waals surface area contributed by atoms with E-state index in [0.717, 1.165) is 53.7 Å². The van der Waals surface area contributed by atoms with E-state index in [1.54, 1.807) is 11.4 Å². The van der Waals surface area contributed by atoms with E-state index in [9.17, 15) is 4.79 Å². The van der Waals surface area contributed by atoms with Gasteiger partial charge >= 0.3 is 5.69 Å². The van der Waals surface area contributed by atoms with Crippen molar-refractivity contribution in [1.29, 1.82) is 0 Å². The molecule has 6 nitrogen and oxygen atoms in total. The predicted molar refractivity (Wildman–Crippen MR) is 98.1 cm³/mol. The monoisotopic (exact) mass is 340 g/mol. The molecule has 0 amide bonds. The lowest BCUT2D eigenvalue weighted by Crippen LogP contribution is -2.26. The molecule has 2 aromatic heterocycles. The van der Waals surface area contributed by atoms with Crippen LogP contribution < -0.4 is 11.0 Å². The normalized spacial score (nSPS) is 17.8. The van der Waals surface area contributed by atoms with E-state index in [0.29, 0.717) is 12.6 Å². The van der Waals surface area contributed by atoms with Crippen molar-refractivity contribution >= 4 is 16.6 Å². The van der Waals surface area contributed by atoms with Crippen LogP contribution in [0.3, 0.4) is 0 Å².